The van der Waals surface area contributed by atoms with Crippen LogP contribution in [0.4, 0.5) is 17.1 Å². The lowest BCUT2D eigenvalue weighted by Crippen LogP contribution is -2.31. The molecule has 12 saturated heterocycles. The molecule has 0 saturated carbocycles. The lowest BCUT2D eigenvalue weighted by Gasteiger charge is -2.24. The van der Waals surface area contributed by atoms with E-state index in [1.807, 2.05) is 72.8 Å². The molecule has 0 radical (unpaired) electrons. The van der Waals surface area contributed by atoms with Crippen LogP contribution in [0.25, 0.3) is 0 Å². The van der Waals surface area contributed by atoms with Crippen LogP contribution < -0.4 is 43.1 Å². The zero-order chi connectivity index (χ0) is 72.2. The van der Waals surface area contributed by atoms with E-state index in [4.69, 9.17) is 85.3 Å². The Hall–Kier alpha value is -8.52. The van der Waals surface area contributed by atoms with Gasteiger partial charge < -0.3 is 100.0 Å². The number of benzene rings is 8. The van der Waals surface area contributed by atoms with Crippen LogP contribution in [0.1, 0.15) is 44.9 Å². The van der Waals surface area contributed by atoms with E-state index in [9.17, 15) is 0 Å². The predicted octanol–water partition coefficient (Wildman–Crippen LogP) is 10.6. The molecule has 0 bridgehead atoms. The summed E-state index contributed by atoms with van der Waals surface area (Å²) in [5, 5.41) is 0. The van der Waals surface area contributed by atoms with Crippen molar-refractivity contribution in [3.05, 3.63) is 233 Å². The lowest BCUT2D eigenvalue weighted by molar-refractivity contribution is 0.263. The molecule has 108 heavy (non-hydrogen) atoms. The Morgan fingerprint density at radius 2 is 0.370 bits per heavy atom. The zero-order valence-corrected chi connectivity index (χ0v) is 61.1. The van der Waals surface area contributed by atoms with E-state index in [0.29, 0.717) is 94.6 Å². The largest absolute Gasteiger partial charge is 0.491 e. The van der Waals surface area contributed by atoms with Gasteiger partial charge in [0, 0.05) is 62.2 Å². The summed E-state index contributed by atoms with van der Waals surface area (Å²) in [5.74, 6) is 5.34. The average molecular weight is 1470 g/mol. The quantitative estimate of drug-likeness (QED) is 0.0258. The summed E-state index contributed by atoms with van der Waals surface area (Å²) in [7, 11) is 0. The minimum atomic E-state index is 0.0717. The van der Waals surface area contributed by atoms with Gasteiger partial charge >= 0.3 is 0 Å². The fourth-order valence-electron chi connectivity index (χ4n) is 12.6. The molecular formula is C87H97N3O18. The summed E-state index contributed by atoms with van der Waals surface area (Å²) < 4.78 is 98.0. The fraction of sp³-hybridized carbons (Fsp3) is 0.448. The molecule has 21 nitrogen and oxygen atoms in total. The van der Waals surface area contributed by atoms with Gasteiger partial charge in [0.1, 0.15) is 111 Å². The van der Waals surface area contributed by atoms with Crippen molar-refractivity contribution in [2.45, 2.75) is 92.0 Å². The molecular weight excluding hydrogens is 1370 g/mol. The highest BCUT2D eigenvalue weighted by Crippen LogP contribution is 2.37. The van der Waals surface area contributed by atoms with Crippen molar-refractivity contribution in [3.63, 3.8) is 0 Å². The zero-order valence-electron chi connectivity index (χ0n) is 61.1. The lowest BCUT2D eigenvalue weighted by atomic mass is 9.85. The highest BCUT2D eigenvalue weighted by Gasteiger charge is 2.35. The fourth-order valence-corrected chi connectivity index (χ4v) is 12.6. The van der Waals surface area contributed by atoms with Gasteiger partial charge in [-0.25, -0.2) is 0 Å². The summed E-state index contributed by atoms with van der Waals surface area (Å²) >= 11 is 0. The summed E-state index contributed by atoms with van der Waals surface area (Å²) in [6, 6.07) is 67.7. The monoisotopic (exact) mass is 1470 g/mol. The molecule has 12 heterocycles. The maximum Gasteiger partial charge on any atom is 0.119 e. The van der Waals surface area contributed by atoms with Crippen molar-refractivity contribution in [2.24, 2.45) is 0 Å². The van der Waals surface area contributed by atoms with Crippen LogP contribution in [-0.2, 0) is 69.7 Å². The van der Waals surface area contributed by atoms with Gasteiger partial charge in [0.2, 0.25) is 0 Å². The summed E-state index contributed by atoms with van der Waals surface area (Å²) in [6.45, 7) is 19.6. The normalized spacial score (nSPS) is 25.4. The Morgan fingerprint density at radius 3 is 0.556 bits per heavy atom. The third-order valence-electron chi connectivity index (χ3n) is 20.1. The molecule has 8 aromatic rings. The maximum absolute atomic E-state index is 5.83. The van der Waals surface area contributed by atoms with Crippen LogP contribution in [0, 0.1) is 0 Å². The van der Waals surface area contributed by atoms with Crippen LogP contribution in [0.3, 0.4) is 0 Å². The first-order chi connectivity index (χ1) is 53.3. The topological polar surface area (TPSA) is 215 Å². The minimum absolute atomic E-state index is 0.0717. The Bertz CT molecular complexity index is 3750. The Balaban J connectivity index is 0.000000108. The predicted molar refractivity (Wildman–Crippen MR) is 405 cm³/mol. The molecule has 21 heteroatoms. The first kappa shape index (κ1) is 72.3. The highest BCUT2D eigenvalue weighted by molar-refractivity contribution is 5.53. The number of epoxide rings is 12. The van der Waals surface area contributed by atoms with Gasteiger partial charge in [0.15, 0.2) is 0 Å². The van der Waals surface area contributed by atoms with Crippen molar-refractivity contribution in [3.8, 4) is 34.5 Å². The molecule has 12 aliphatic heterocycles. The third-order valence-corrected chi connectivity index (χ3v) is 20.1. The van der Waals surface area contributed by atoms with Crippen molar-refractivity contribution in [1.82, 2.24) is 0 Å². The first-order valence-electron chi connectivity index (χ1n) is 38.5. The third kappa shape index (κ3) is 24.2. The van der Waals surface area contributed by atoms with Crippen LogP contribution in [-0.4, -0.2) is 231 Å². The number of nitrogens with zero attached hydrogens (tertiary/aromatic N) is 3. The first-order valence-corrected chi connectivity index (χ1v) is 38.5. The standard InChI is InChI=1S/C28H28O6.C25H30N2O4.C19H20O4.C15H19NO4/c1-7-22(29-13-25-16-32-25)8-2-19(1)28(20-3-9-23(10-4-20)30-14-26-17-33-26)21-5-11-24(12-6-21)31-15-27-18-34-27;1-5-20(26(10-22-14-28-22)11-23-15-29-23)6-2-18(1)9-19-3-7-21(8-4-19)27(12-24-16-30-24)13-25-17-31-25;1-5-16(20-10-18-12-22-18)6-2-14(1)9-15-3-7-17(8-4-15)21-11-19-13-23-19;1-3-12(17-9-15-10-20-15)4-2-11(1)16(5-13-7-18-13)6-14-8-19-14/h1-12,25-28H,13-18H2;1-8,22-25H,9-17H2;1-8,18-19H,9-13H2;1-4,13-15H,5-10H2. The second-order valence-corrected chi connectivity index (χ2v) is 29.7. The molecule has 568 valence electrons. The molecule has 0 spiro atoms. The number of anilines is 3. The van der Waals surface area contributed by atoms with Crippen LogP contribution in [0.2, 0.25) is 0 Å². The van der Waals surface area contributed by atoms with Crippen molar-refractivity contribution in [2.75, 3.05) is 173 Å². The summed E-state index contributed by atoms with van der Waals surface area (Å²) in [6.07, 6.45) is 5.76. The second-order valence-electron chi connectivity index (χ2n) is 29.7. The average Bonchev–Trinajstić information content (AvgIpc) is 1.60. The minimum Gasteiger partial charge on any atom is -0.491 e. The van der Waals surface area contributed by atoms with Crippen molar-refractivity contribution in [1.29, 1.82) is 0 Å². The van der Waals surface area contributed by atoms with Crippen LogP contribution >= 0.6 is 0 Å². The molecule has 12 fully saturated rings. The van der Waals surface area contributed by atoms with Gasteiger partial charge in [-0.1, -0.05) is 84.9 Å². The van der Waals surface area contributed by atoms with E-state index < -0.39 is 0 Å². The van der Waals surface area contributed by atoms with E-state index in [0.717, 1.165) is 166 Å². The van der Waals surface area contributed by atoms with Crippen LogP contribution in [0.5, 0.6) is 34.5 Å². The SMILES string of the molecule is c1cc(C(c2ccc(OCC3CO3)cc2)c2ccc(OCC3CO3)cc2)ccc1OCC1CO1.c1cc(N(CC2CO2)CC2CO2)ccc1Cc1ccc(N(CC2CO2)CC2CO2)cc1.c1cc(N(CC2CO2)CC2CO2)ccc1OCC1CO1.c1cc(OCC2CO2)ccc1Cc1ccc(OCC2CO2)cc1. The van der Waals surface area contributed by atoms with Gasteiger partial charge in [-0.2, -0.15) is 0 Å². The van der Waals surface area contributed by atoms with Crippen LogP contribution in [0.15, 0.2) is 194 Å². The van der Waals surface area contributed by atoms with E-state index in [1.54, 1.807) is 0 Å². The number of ether oxygens (including phenoxy) is 18. The molecule has 0 N–H and O–H groups in total. The van der Waals surface area contributed by atoms with E-state index in [2.05, 4.69) is 136 Å². The molecule has 12 atom stereocenters. The molecule has 0 aliphatic carbocycles. The van der Waals surface area contributed by atoms with Gasteiger partial charge in [0.25, 0.3) is 0 Å². The number of hydrogen-bond acceptors (Lipinski definition) is 21. The van der Waals surface area contributed by atoms with Gasteiger partial charge in [-0.15, -0.1) is 0 Å². The smallest absolute Gasteiger partial charge is 0.119 e. The molecule has 12 aliphatic rings. The Morgan fingerprint density at radius 1 is 0.213 bits per heavy atom. The molecule has 20 rings (SSSR count). The molecule has 0 aromatic heterocycles. The molecule has 0 amide bonds. The van der Waals surface area contributed by atoms with E-state index >= 15 is 0 Å². The molecule has 8 aromatic carbocycles. The van der Waals surface area contributed by atoms with Crippen molar-refractivity contribution < 1.29 is 85.3 Å². The van der Waals surface area contributed by atoms with Gasteiger partial charge in [0.05, 0.1) is 116 Å². The number of hydrogen-bond donors (Lipinski definition) is 0. The summed E-state index contributed by atoms with van der Waals surface area (Å²) in [4.78, 5) is 7.13. The summed E-state index contributed by atoms with van der Waals surface area (Å²) in [5.41, 5.74) is 12.5. The van der Waals surface area contributed by atoms with Crippen molar-refractivity contribution >= 4 is 17.1 Å². The van der Waals surface area contributed by atoms with E-state index in [1.165, 1.54) is 56.0 Å². The highest BCUT2D eigenvalue weighted by atomic mass is 16.6. The van der Waals surface area contributed by atoms with Gasteiger partial charge in [-0.3, -0.25) is 0 Å². The number of rotatable bonds is 40. The molecule has 12 unspecified atom stereocenters. The Labute approximate surface area is 631 Å². The maximum atomic E-state index is 5.83. The van der Waals surface area contributed by atoms with E-state index in [-0.39, 0.29) is 24.2 Å². The second kappa shape index (κ2) is 35.0. The van der Waals surface area contributed by atoms with Gasteiger partial charge in [-0.05, 0) is 161 Å². The Kier molecular flexibility index (Phi) is 23.5.